The maximum atomic E-state index is 12.7. The van der Waals surface area contributed by atoms with Crippen LogP contribution in [-0.2, 0) is 9.59 Å². The maximum Gasteiger partial charge on any atom is 0.329 e. The van der Waals surface area contributed by atoms with Crippen LogP contribution in [0.4, 0.5) is 5.69 Å². The van der Waals surface area contributed by atoms with Crippen LogP contribution in [0.3, 0.4) is 0 Å². The van der Waals surface area contributed by atoms with E-state index in [9.17, 15) is 14.4 Å². The number of hydrogen-bond donors (Lipinski definition) is 3. The van der Waals surface area contributed by atoms with E-state index in [1.165, 1.54) is 19.7 Å². The summed E-state index contributed by atoms with van der Waals surface area (Å²) in [5.41, 5.74) is 3.37. The Hall–Kier alpha value is -3.20. The summed E-state index contributed by atoms with van der Waals surface area (Å²) in [5.74, 6) is -1.60. The normalized spacial score (nSPS) is 14.1. The van der Waals surface area contributed by atoms with Crippen molar-refractivity contribution < 1.29 is 19.1 Å². The van der Waals surface area contributed by atoms with Gasteiger partial charge in [-0.05, 0) is 43.2 Å². The zero-order valence-electron chi connectivity index (χ0n) is 17.7. The average Bonchev–Trinajstić information content (AvgIpc) is 2.80. The molecule has 0 bridgehead atoms. The van der Waals surface area contributed by atoms with Gasteiger partial charge < -0.3 is 15.4 Å². The van der Waals surface area contributed by atoms with Crippen molar-refractivity contribution in [1.29, 1.82) is 0 Å². The molecule has 1 saturated carbocycles. The molecule has 32 heavy (non-hydrogen) atoms. The second kappa shape index (κ2) is 11.4. The van der Waals surface area contributed by atoms with Gasteiger partial charge in [0.25, 0.3) is 5.91 Å². The summed E-state index contributed by atoms with van der Waals surface area (Å²) in [6.07, 6.45) is 6.64. The number of ether oxygens (including phenoxy) is 1. The highest BCUT2D eigenvalue weighted by Crippen LogP contribution is 2.22. The zero-order valence-corrected chi connectivity index (χ0v) is 19.3. The number of methoxy groups -OCH3 is 1. The molecule has 0 atom stereocenters. The highest BCUT2D eigenvalue weighted by atomic mass is 79.9. The van der Waals surface area contributed by atoms with E-state index in [2.05, 4.69) is 37.1 Å². The first-order valence-corrected chi connectivity index (χ1v) is 11.1. The molecule has 0 unspecified atom stereocenters. The Morgan fingerprint density at radius 1 is 1.06 bits per heavy atom. The number of amides is 3. The molecule has 0 aromatic heterocycles. The highest BCUT2D eigenvalue weighted by molar-refractivity contribution is 9.10. The minimum absolute atomic E-state index is 0.132. The van der Waals surface area contributed by atoms with Gasteiger partial charge in [0.15, 0.2) is 0 Å². The van der Waals surface area contributed by atoms with E-state index in [0.29, 0.717) is 16.9 Å². The first kappa shape index (κ1) is 23.5. The first-order valence-electron chi connectivity index (χ1n) is 10.4. The molecule has 1 aliphatic carbocycles. The molecule has 3 rings (SSSR count). The number of halogens is 1. The van der Waals surface area contributed by atoms with Crippen LogP contribution in [0.5, 0.6) is 5.75 Å². The Balaban J connectivity index is 1.61. The van der Waals surface area contributed by atoms with Gasteiger partial charge in [-0.2, -0.15) is 5.10 Å². The van der Waals surface area contributed by atoms with Gasteiger partial charge in [0.2, 0.25) is 0 Å². The molecular weight excluding hydrogens is 476 g/mol. The minimum atomic E-state index is -0.960. The summed E-state index contributed by atoms with van der Waals surface area (Å²) < 4.78 is 6.04. The van der Waals surface area contributed by atoms with Gasteiger partial charge in [0.1, 0.15) is 5.75 Å². The summed E-state index contributed by atoms with van der Waals surface area (Å²) in [4.78, 5) is 37.2. The van der Waals surface area contributed by atoms with Crippen molar-refractivity contribution in [1.82, 2.24) is 10.7 Å². The van der Waals surface area contributed by atoms with Crippen molar-refractivity contribution in [3.05, 3.63) is 58.1 Å². The summed E-state index contributed by atoms with van der Waals surface area (Å²) in [6, 6.07) is 12.0. The van der Waals surface area contributed by atoms with Crippen molar-refractivity contribution in [2.45, 2.75) is 38.1 Å². The summed E-state index contributed by atoms with van der Waals surface area (Å²) in [7, 11) is 1.52. The predicted molar refractivity (Wildman–Crippen MR) is 126 cm³/mol. The predicted octanol–water partition coefficient (Wildman–Crippen LogP) is 3.61. The van der Waals surface area contributed by atoms with E-state index >= 15 is 0 Å². The molecule has 0 spiro atoms. The van der Waals surface area contributed by atoms with Gasteiger partial charge in [-0.3, -0.25) is 14.4 Å². The second-order valence-corrected chi connectivity index (χ2v) is 8.31. The fourth-order valence-corrected chi connectivity index (χ4v) is 3.88. The number of para-hydroxylation sites is 1. The van der Waals surface area contributed by atoms with Gasteiger partial charge in [-0.25, -0.2) is 5.43 Å². The molecule has 1 aliphatic rings. The standard InChI is InChI=1S/C23H25BrN4O4/c1-32-20-12-11-16(24)13-15(20)14-25-28-23(31)22(30)27-19-10-6-5-9-18(19)21(29)26-17-7-3-2-4-8-17/h5-6,9-14,17H,2-4,7-8H2,1H3,(H,26,29)(H,27,30)(H,28,31)/b25-14+. The van der Waals surface area contributed by atoms with Gasteiger partial charge in [-0.15, -0.1) is 0 Å². The van der Waals surface area contributed by atoms with E-state index in [4.69, 9.17) is 4.74 Å². The number of rotatable bonds is 6. The number of hydrogen-bond acceptors (Lipinski definition) is 5. The monoisotopic (exact) mass is 500 g/mol. The van der Waals surface area contributed by atoms with Crippen molar-refractivity contribution in [2.24, 2.45) is 5.10 Å². The van der Waals surface area contributed by atoms with Gasteiger partial charge in [0.05, 0.1) is 24.6 Å². The Bertz CT molecular complexity index is 1020. The number of hydrazone groups is 1. The summed E-state index contributed by atoms with van der Waals surface area (Å²) in [6.45, 7) is 0. The molecule has 0 heterocycles. The molecular formula is C23H25BrN4O4. The SMILES string of the molecule is COc1ccc(Br)cc1/C=N/NC(=O)C(=O)Nc1ccccc1C(=O)NC1CCCCC1. The Morgan fingerprint density at radius 2 is 1.81 bits per heavy atom. The fourth-order valence-electron chi connectivity index (χ4n) is 3.50. The fraction of sp³-hybridized carbons (Fsp3) is 0.304. The Labute approximate surface area is 194 Å². The van der Waals surface area contributed by atoms with Crippen molar-refractivity contribution in [2.75, 3.05) is 12.4 Å². The number of anilines is 1. The lowest BCUT2D eigenvalue weighted by atomic mass is 9.95. The molecule has 0 saturated heterocycles. The molecule has 168 valence electrons. The average molecular weight is 501 g/mol. The van der Waals surface area contributed by atoms with Crippen LogP contribution >= 0.6 is 15.9 Å². The quantitative estimate of drug-likeness (QED) is 0.319. The zero-order chi connectivity index (χ0) is 22.9. The van der Waals surface area contributed by atoms with Crippen LogP contribution < -0.4 is 20.8 Å². The van der Waals surface area contributed by atoms with Gasteiger partial charge in [0, 0.05) is 16.1 Å². The van der Waals surface area contributed by atoms with E-state index in [1.807, 2.05) is 6.07 Å². The second-order valence-electron chi connectivity index (χ2n) is 7.39. The maximum absolute atomic E-state index is 12.7. The van der Waals surface area contributed by atoms with Gasteiger partial charge >= 0.3 is 11.8 Å². The van der Waals surface area contributed by atoms with E-state index < -0.39 is 11.8 Å². The van der Waals surface area contributed by atoms with Crippen LogP contribution in [0, 0.1) is 0 Å². The molecule has 2 aromatic carbocycles. The van der Waals surface area contributed by atoms with E-state index in [1.54, 1.807) is 36.4 Å². The molecule has 3 amide bonds. The highest BCUT2D eigenvalue weighted by Gasteiger charge is 2.20. The van der Waals surface area contributed by atoms with Crippen molar-refractivity contribution >= 4 is 45.6 Å². The first-order chi connectivity index (χ1) is 15.5. The third-order valence-corrected chi connectivity index (χ3v) is 5.62. The number of nitrogens with zero attached hydrogens (tertiary/aromatic N) is 1. The Kier molecular flexibility index (Phi) is 8.38. The number of nitrogens with one attached hydrogen (secondary N) is 3. The minimum Gasteiger partial charge on any atom is -0.496 e. The third-order valence-electron chi connectivity index (χ3n) is 5.13. The van der Waals surface area contributed by atoms with E-state index in [-0.39, 0.29) is 17.6 Å². The molecule has 3 N–H and O–H groups in total. The van der Waals surface area contributed by atoms with Crippen LogP contribution in [0.15, 0.2) is 52.0 Å². The molecule has 8 nitrogen and oxygen atoms in total. The summed E-state index contributed by atoms with van der Waals surface area (Å²) >= 11 is 3.35. The molecule has 1 fully saturated rings. The lowest BCUT2D eigenvalue weighted by Gasteiger charge is -2.23. The molecule has 0 aliphatic heterocycles. The lowest BCUT2D eigenvalue weighted by Crippen LogP contribution is -2.37. The molecule has 2 aromatic rings. The lowest BCUT2D eigenvalue weighted by molar-refractivity contribution is -0.136. The van der Waals surface area contributed by atoms with Crippen LogP contribution in [-0.4, -0.2) is 37.1 Å². The van der Waals surface area contributed by atoms with Crippen molar-refractivity contribution in [3.63, 3.8) is 0 Å². The number of carbonyl (C=O) groups is 3. The largest absolute Gasteiger partial charge is 0.496 e. The summed E-state index contributed by atoms with van der Waals surface area (Å²) in [5, 5.41) is 9.33. The Morgan fingerprint density at radius 3 is 2.56 bits per heavy atom. The van der Waals surface area contributed by atoms with Crippen molar-refractivity contribution in [3.8, 4) is 5.75 Å². The number of benzene rings is 2. The van der Waals surface area contributed by atoms with E-state index in [0.717, 1.165) is 30.2 Å². The van der Waals surface area contributed by atoms with Gasteiger partial charge in [-0.1, -0.05) is 47.3 Å². The molecule has 0 radical (unpaired) electrons. The number of carbonyl (C=O) groups excluding carboxylic acids is 3. The topological polar surface area (TPSA) is 109 Å². The third kappa shape index (κ3) is 6.40. The molecule has 9 heteroatoms. The smallest absolute Gasteiger partial charge is 0.329 e. The van der Waals surface area contributed by atoms with Crippen LogP contribution in [0.1, 0.15) is 48.0 Å². The van der Waals surface area contributed by atoms with Crippen LogP contribution in [0.2, 0.25) is 0 Å². The van der Waals surface area contributed by atoms with Crippen LogP contribution in [0.25, 0.3) is 0 Å².